The lowest BCUT2D eigenvalue weighted by Gasteiger charge is -2.22. The molecule has 3 aromatic carbocycles. The van der Waals surface area contributed by atoms with Crippen molar-refractivity contribution in [1.29, 1.82) is 0 Å². The van der Waals surface area contributed by atoms with Crippen LogP contribution < -0.4 is 4.74 Å². The first-order valence-corrected chi connectivity index (χ1v) is 11.2. The molecule has 0 bridgehead atoms. The summed E-state index contributed by atoms with van der Waals surface area (Å²) in [6, 6.07) is 19.5. The Kier molecular flexibility index (Phi) is 5.98. The molecule has 1 aliphatic rings. The van der Waals surface area contributed by atoms with Gasteiger partial charge in [0.1, 0.15) is 17.5 Å². The second-order valence-corrected chi connectivity index (χ2v) is 8.33. The van der Waals surface area contributed by atoms with Crippen LogP contribution in [0.3, 0.4) is 0 Å². The van der Waals surface area contributed by atoms with Crippen molar-refractivity contribution in [1.82, 2.24) is 4.98 Å². The Morgan fingerprint density at radius 3 is 2.14 bits per heavy atom. The highest BCUT2D eigenvalue weighted by Gasteiger charge is 2.32. The molecule has 10 nitrogen and oxygen atoms in total. The van der Waals surface area contributed by atoms with E-state index < -0.39 is 15.9 Å². The highest BCUT2D eigenvalue weighted by Crippen LogP contribution is 2.33. The Balaban J connectivity index is 1.50. The maximum Gasteiger partial charge on any atom is 0.269 e. The lowest BCUT2D eigenvalue weighted by Crippen LogP contribution is -2.24. The quantitative estimate of drug-likeness (QED) is 0.245. The molecule has 2 heterocycles. The predicted octanol–water partition coefficient (Wildman–Crippen LogP) is 5.77. The van der Waals surface area contributed by atoms with E-state index in [1.165, 1.54) is 48.5 Å². The van der Waals surface area contributed by atoms with E-state index in [9.17, 15) is 25.0 Å². The van der Waals surface area contributed by atoms with E-state index in [-0.39, 0.29) is 17.2 Å². The van der Waals surface area contributed by atoms with Crippen LogP contribution in [0.15, 0.2) is 90.1 Å². The molecule has 1 aliphatic heterocycles. The molecule has 182 valence electrons. The molecule has 1 atom stereocenters. The van der Waals surface area contributed by atoms with Gasteiger partial charge in [-0.2, -0.15) is 0 Å². The first-order chi connectivity index (χ1) is 17.8. The number of hydrogen-bond donors (Lipinski definition) is 0. The molecule has 0 radical (unpaired) electrons. The largest absolute Gasteiger partial charge is 0.457 e. The summed E-state index contributed by atoms with van der Waals surface area (Å²) in [5.74, 6) is 0.765. The number of rotatable bonds is 6. The van der Waals surface area contributed by atoms with Crippen molar-refractivity contribution in [3.8, 4) is 11.5 Å². The second-order valence-electron chi connectivity index (χ2n) is 8.33. The summed E-state index contributed by atoms with van der Waals surface area (Å²) < 4.78 is 5.91. The van der Waals surface area contributed by atoms with Gasteiger partial charge in [0.2, 0.25) is 0 Å². The minimum atomic E-state index is -0.871. The van der Waals surface area contributed by atoms with Crippen molar-refractivity contribution in [3.63, 3.8) is 0 Å². The fourth-order valence-electron chi connectivity index (χ4n) is 4.08. The molecule has 0 saturated heterocycles. The van der Waals surface area contributed by atoms with Crippen molar-refractivity contribution in [2.75, 3.05) is 0 Å². The molecule has 0 aliphatic carbocycles. The van der Waals surface area contributed by atoms with Crippen molar-refractivity contribution in [3.05, 3.63) is 133 Å². The predicted molar refractivity (Wildman–Crippen MR) is 134 cm³/mol. The standard InChI is InChI=1S/C27H18N4O6/c1-16-15-18(6-13-23(16)37-21-11-9-20(10-12-21)31(35)36)24-26-22(3-2-14-28-26)27(32)25(29-24)17-4-7-19(8-5-17)30(33)34/h2-15,25H,1H3. The molecule has 37 heavy (non-hydrogen) atoms. The van der Waals surface area contributed by atoms with Gasteiger partial charge < -0.3 is 4.74 Å². The molecule has 0 N–H and O–H groups in total. The van der Waals surface area contributed by atoms with Gasteiger partial charge in [0.05, 0.1) is 21.3 Å². The summed E-state index contributed by atoms with van der Waals surface area (Å²) in [6.07, 6.45) is 1.59. The number of non-ortho nitro benzene ring substituents is 2. The molecule has 0 spiro atoms. The van der Waals surface area contributed by atoms with E-state index in [4.69, 9.17) is 9.73 Å². The third-order valence-corrected chi connectivity index (χ3v) is 5.95. The Hall–Kier alpha value is -5.25. The summed E-state index contributed by atoms with van der Waals surface area (Å²) >= 11 is 0. The Labute approximate surface area is 210 Å². The summed E-state index contributed by atoms with van der Waals surface area (Å²) in [5, 5.41) is 21.9. The highest BCUT2D eigenvalue weighted by atomic mass is 16.6. The number of carbonyl (C=O) groups is 1. The minimum Gasteiger partial charge on any atom is -0.457 e. The number of fused-ring (bicyclic) bond motifs is 1. The van der Waals surface area contributed by atoms with Crippen LogP contribution in [0.1, 0.15) is 38.8 Å². The van der Waals surface area contributed by atoms with E-state index >= 15 is 0 Å². The average Bonchev–Trinajstić information content (AvgIpc) is 2.90. The molecule has 1 unspecified atom stereocenters. The van der Waals surface area contributed by atoms with Crippen LogP contribution in [0.2, 0.25) is 0 Å². The molecule has 0 amide bonds. The van der Waals surface area contributed by atoms with Crippen LogP contribution >= 0.6 is 0 Å². The molecular formula is C27H18N4O6. The SMILES string of the molecule is Cc1cc(C2=NC(c3ccc([N+](=O)[O-])cc3)C(=O)c3cccnc32)ccc1Oc1ccc([N+](=O)[O-])cc1. The van der Waals surface area contributed by atoms with Gasteiger partial charge in [-0.05, 0) is 72.6 Å². The summed E-state index contributed by atoms with van der Waals surface area (Å²) in [4.78, 5) is 43.3. The minimum absolute atomic E-state index is 0.0296. The number of carbonyl (C=O) groups excluding carboxylic acids is 1. The van der Waals surface area contributed by atoms with Crippen LogP contribution in [0.4, 0.5) is 11.4 Å². The van der Waals surface area contributed by atoms with Crippen LogP contribution in [-0.4, -0.2) is 26.3 Å². The Bertz CT molecular complexity index is 1580. The first kappa shape index (κ1) is 23.5. The number of aryl methyl sites for hydroxylation is 1. The smallest absolute Gasteiger partial charge is 0.269 e. The number of ether oxygens (including phenoxy) is 1. The lowest BCUT2D eigenvalue weighted by molar-refractivity contribution is -0.385. The monoisotopic (exact) mass is 494 g/mol. The van der Waals surface area contributed by atoms with Gasteiger partial charge in [-0.15, -0.1) is 0 Å². The van der Waals surface area contributed by atoms with Crippen LogP contribution in [-0.2, 0) is 0 Å². The zero-order valence-electron chi connectivity index (χ0n) is 19.4. The van der Waals surface area contributed by atoms with Crippen LogP contribution in [0, 0.1) is 27.2 Å². The number of aromatic nitrogens is 1. The number of Topliss-reactive ketones (excluding diaryl/α,β-unsaturated/α-hetero) is 1. The number of nitro benzene ring substituents is 2. The molecular weight excluding hydrogens is 476 g/mol. The molecule has 1 aromatic heterocycles. The Morgan fingerprint density at radius 1 is 0.865 bits per heavy atom. The van der Waals surface area contributed by atoms with Gasteiger partial charge >= 0.3 is 0 Å². The number of nitro groups is 2. The lowest BCUT2D eigenvalue weighted by atomic mass is 9.89. The van der Waals surface area contributed by atoms with Crippen molar-refractivity contribution in [2.45, 2.75) is 13.0 Å². The van der Waals surface area contributed by atoms with E-state index in [0.717, 1.165) is 5.56 Å². The summed E-state index contributed by atoms with van der Waals surface area (Å²) in [6.45, 7) is 1.85. The van der Waals surface area contributed by atoms with Gasteiger partial charge in [0.25, 0.3) is 11.4 Å². The topological polar surface area (TPSA) is 138 Å². The molecule has 5 rings (SSSR count). The maximum atomic E-state index is 13.3. The summed E-state index contributed by atoms with van der Waals surface area (Å²) in [5.41, 5.74) is 3.32. The van der Waals surface area contributed by atoms with Gasteiger partial charge in [0, 0.05) is 41.6 Å². The number of benzene rings is 3. The fourth-order valence-corrected chi connectivity index (χ4v) is 4.08. The number of nitrogens with zero attached hydrogens (tertiary/aromatic N) is 4. The van der Waals surface area contributed by atoms with Gasteiger partial charge in [-0.3, -0.25) is 35.0 Å². The Morgan fingerprint density at radius 2 is 1.51 bits per heavy atom. The van der Waals surface area contributed by atoms with E-state index in [0.29, 0.717) is 39.6 Å². The van der Waals surface area contributed by atoms with Crippen molar-refractivity contribution < 1.29 is 19.4 Å². The van der Waals surface area contributed by atoms with Gasteiger partial charge in [0.15, 0.2) is 5.78 Å². The second kappa shape index (κ2) is 9.42. The van der Waals surface area contributed by atoms with Crippen molar-refractivity contribution in [2.24, 2.45) is 4.99 Å². The zero-order valence-corrected chi connectivity index (χ0v) is 19.4. The first-order valence-electron chi connectivity index (χ1n) is 11.2. The van der Waals surface area contributed by atoms with E-state index in [2.05, 4.69) is 4.98 Å². The molecule has 4 aromatic rings. The van der Waals surface area contributed by atoms with E-state index in [1.807, 2.05) is 13.0 Å². The molecule has 0 fully saturated rings. The zero-order chi connectivity index (χ0) is 26.1. The molecule has 0 saturated carbocycles. The van der Waals surface area contributed by atoms with Gasteiger partial charge in [-0.1, -0.05) is 0 Å². The number of ketones is 1. The van der Waals surface area contributed by atoms with Crippen LogP contribution in [0.5, 0.6) is 11.5 Å². The highest BCUT2D eigenvalue weighted by molar-refractivity contribution is 6.21. The van der Waals surface area contributed by atoms with Crippen molar-refractivity contribution >= 4 is 22.9 Å². The average molecular weight is 494 g/mol. The van der Waals surface area contributed by atoms with E-state index in [1.54, 1.807) is 30.5 Å². The third-order valence-electron chi connectivity index (χ3n) is 5.95. The fraction of sp³-hybridized carbons (Fsp3) is 0.0741. The summed E-state index contributed by atoms with van der Waals surface area (Å²) in [7, 11) is 0. The third kappa shape index (κ3) is 4.55. The molecule has 10 heteroatoms. The number of pyridine rings is 1. The maximum absolute atomic E-state index is 13.3. The van der Waals surface area contributed by atoms with Crippen LogP contribution in [0.25, 0.3) is 0 Å². The number of hydrogen-bond acceptors (Lipinski definition) is 8. The van der Waals surface area contributed by atoms with Gasteiger partial charge in [-0.25, -0.2) is 0 Å². The normalized spacial score (nSPS) is 14.5. The number of aliphatic imine (C=N–C) groups is 1.